The summed E-state index contributed by atoms with van der Waals surface area (Å²) in [5, 5.41) is 3.42. The van der Waals surface area contributed by atoms with Gasteiger partial charge < -0.3 is 11.1 Å². The van der Waals surface area contributed by atoms with Gasteiger partial charge in [0.25, 0.3) is 0 Å². The van der Waals surface area contributed by atoms with Crippen molar-refractivity contribution in [2.45, 2.75) is 18.9 Å². The molecule has 1 aliphatic heterocycles. The van der Waals surface area contributed by atoms with E-state index >= 15 is 0 Å². The minimum atomic E-state index is 0.381. The first kappa shape index (κ1) is 9.37. The monoisotopic (exact) mass is 202 g/mol. The van der Waals surface area contributed by atoms with Crippen molar-refractivity contribution in [3.63, 3.8) is 0 Å². The molecular formula is C13H18N2. The molecule has 1 aromatic carbocycles. The second-order valence-electron chi connectivity index (χ2n) is 5.06. The fraction of sp³-hybridized carbons (Fsp3) is 0.538. The van der Waals surface area contributed by atoms with Crippen LogP contribution in [0.4, 0.5) is 0 Å². The smallest absolute Gasteiger partial charge is 0.0237 e. The predicted molar refractivity (Wildman–Crippen MR) is 61.5 cm³/mol. The van der Waals surface area contributed by atoms with E-state index in [0.29, 0.717) is 11.5 Å². The largest absolute Gasteiger partial charge is 0.326 e. The molecule has 1 spiro atoms. The van der Waals surface area contributed by atoms with Crippen molar-refractivity contribution in [2.75, 3.05) is 13.1 Å². The van der Waals surface area contributed by atoms with E-state index in [-0.39, 0.29) is 0 Å². The number of nitrogens with two attached hydrogens (primary N) is 1. The van der Waals surface area contributed by atoms with E-state index in [1.165, 1.54) is 18.4 Å². The second kappa shape index (κ2) is 3.32. The normalized spacial score (nSPS) is 38.5. The van der Waals surface area contributed by atoms with Gasteiger partial charge in [0.2, 0.25) is 0 Å². The Balaban J connectivity index is 1.68. The average Bonchev–Trinajstić information content (AvgIpc) is 2.81. The molecule has 3 rings (SSSR count). The third-order valence-corrected chi connectivity index (χ3v) is 4.16. The zero-order valence-electron chi connectivity index (χ0n) is 8.95. The number of hydrogen-bond acceptors (Lipinski definition) is 2. The van der Waals surface area contributed by atoms with Crippen LogP contribution >= 0.6 is 0 Å². The zero-order valence-corrected chi connectivity index (χ0v) is 8.95. The van der Waals surface area contributed by atoms with Gasteiger partial charge in [-0.15, -0.1) is 0 Å². The minimum Gasteiger partial charge on any atom is -0.326 e. The van der Waals surface area contributed by atoms with Crippen molar-refractivity contribution in [1.29, 1.82) is 0 Å². The van der Waals surface area contributed by atoms with Gasteiger partial charge in [-0.25, -0.2) is 0 Å². The SMILES string of the molecule is NC1CNCC12CC2Cc1ccccc1. The van der Waals surface area contributed by atoms with Crippen molar-refractivity contribution in [1.82, 2.24) is 5.32 Å². The Morgan fingerprint density at radius 1 is 1.33 bits per heavy atom. The minimum absolute atomic E-state index is 0.381. The molecular weight excluding hydrogens is 184 g/mol. The summed E-state index contributed by atoms with van der Waals surface area (Å²) in [5.74, 6) is 0.810. The summed E-state index contributed by atoms with van der Waals surface area (Å²) in [7, 11) is 0. The maximum Gasteiger partial charge on any atom is 0.0237 e. The molecule has 1 saturated carbocycles. The Labute approximate surface area is 90.9 Å². The van der Waals surface area contributed by atoms with Gasteiger partial charge in [0.1, 0.15) is 0 Å². The summed E-state index contributed by atoms with van der Waals surface area (Å²) < 4.78 is 0. The third-order valence-electron chi connectivity index (χ3n) is 4.16. The summed E-state index contributed by atoms with van der Waals surface area (Å²) >= 11 is 0. The lowest BCUT2D eigenvalue weighted by atomic mass is 9.95. The fourth-order valence-corrected chi connectivity index (χ4v) is 3.04. The lowest BCUT2D eigenvalue weighted by molar-refractivity contribution is 0.443. The molecule has 3 atom stereocenters. The molecule has 1 heterocycles. The number of nitrogens with one attached hydrogen (secondary N) is 1. The van der Waals surface area contributed by atoms with Crippen LogP contribution in [-0.2, 0) is 6.42 Å². The first-order chi connectivity index (χ1) is 7.31. The molecule has 1 aromatic rings. The van der Waals surface area contributed by atoms with Gasteiger partial charge in [-0.1, -0.05) is 30.3 Å². The highest BCUT2D eigenvalue weighted by atomic mass is 15.0. The summed E-state index contributed by atoms with van der Waals surface area (Å²) in [6.07, 6.45) is 2.52. The van der Waals surface area contributed by atoms with Gasteiger partial charge in [-0.3, -0.25) is 0 Å². The van der Waals surface area contributed by atoms with Crippen molar-refractivity contribution < 1.29 is 0 Å². The molecule has 2 nitrogen and oxygen atoms in total. The average molecular weight is 202 g/mol. The maximum absolute atomic E-state index is 6.16. The van der Waals surface area contributed by atoms with Crippen LogP contribution in [0.3, 0.4) is 0 Å². The number of benzene rings is 1. The molecule has 1 aliphatic carbocycles. The van der Waals surface area contributed by atoms with E-state index in [0.717, 1.165) is 19.0 Å². The van der Waals surface area contributed by atoms with Gasteiger partial charge in [0.05, 0.1) is 0 Å². The van der Waals surface area contributed by atoms with Crippen LogP contribution in [0.5, 0.6) is 0 Å². The maximum atomic E-state index is 6.16. The number of rotatable bonds is 2. The van der Waals surface area contributed by atoms with Gasteiger partial charge in [0.15, 0.2) is 0 Å². The van der Waals surface area contributed by atoms with E-state index in [2.05, 4.69) is 35.6 Å². The van der Waals surface area contributed by atoms with E-state index in [1.807, 2.05) is 0 Å². The van der Waals surface area contributed by atoms with Crippen molar-refractivity contribution in [3.8, 4) is 0 Å². The van der Waals surface area contributed by atoms with E-state index in [9.17, 15) is 0 Å². The van der Waals surface area contributed by atoms with Crippen LogP contribution in [0.25, 0.3) is 0 Å². The second-order valence-corrected chi connectivity index (χ2v) is 5.06. The predicted octanol–water partition coefficient (Wildman–Crippen LogP) is 1.17. The lowest BCUT2D eigenvalue weighted by Gasteiger charge is -2.14. The Morgan fingerprint density at radius 3 is 2.80 bits per heavy atom. The van der Waals surface area contributed by atoms with Gasteiger partial charge >= 0.3 is 0 Å². The van der Waals surface area contributed by atoms with Crippen molar-refractivity contribution in [3.05, 3.63) is 35.9 Å². The van der Waals surface area contributed by atoms with Crippen LogP contribution in [0.1, 0.15) is 12.0 Å². The first-order valence-corrected chi connectivity index (χ1v) is 5.81. The number of hydrogen-bond donors (Lipinski definition) is 2. The van der Waals surface area contributed by atoms with E-state index in [1.54, 1.807) is 0 Å². The quantitative estimate of drug-likeness (QED) is 0.755. The molecule has 3 unspecified atom stereocenters. The van der Waals surface area contributed by atoms with Gasteiger partial charge in [-0.05, 0) is 24.3 Å². The highest BCUT2D eigenvalue weighted by Crippen LogP contribution is 2.57. The molecule has 80 valence electrons. The Bertz CT molecular complexity index is 349. The lowest BCUT2D eigenvalue weighted by Crippen LogP contribution is -2.31. The highest BCUT2D eigenvalue weighted by Gasteiger charge is 2.59. The summed E-state index contributed by atoms with van der Waals surface area (Å²) in [6, 6.07) is 11.1. The van der Waals surface area contributed by atoms with E-state index in [4.69, 9.17) is 5.73 Å². The summed E-state index contributed by atoms with van der Waals surface area (Å²) in [5.41, 5.74) is 8.05. The Morgan fingerprint density at radius 2 is 2.13 bits per heavy atom. The van der Waals surface area contributed by atoms with Crippen LogP contribution in [-0.4, -0.2) is 19.1 Å². The van der Waals surface area contributed by atoms with Gasteiger partial charge in [-0.2, -0.15) is 0 Å². The molecule has 3 N–H and O–H groups in total. The standard InChI is InChI=1S/C13H18N2/c14-12-8-15-9-13(12)7-11(13)6-10-4-2-1-3-5-10/h1-5,11-12,15H,6-9,14H2. The molecule has 15 heavy (non-hydrogen) atoms. The fourth-order valence-electron chi connectivity index (χ4n) is 3.04. The van der Waals surface area contributed by atoms with Crippen LogP contribution < -0.4 is 11.1 Å². The van der Waals surface area contributed by atoms with Crippen LogP contribution in [0.15, 0.2) is 30.3 Å². The van der Waals surface area contributed by atoms with Crippen molar-refractivity contribution in [2.24, 2.45) is 17.1 Å². The van der Waals surface area contributed by atoms with E-state index < -0.39 is 0 Å². The molecule has 0 radical (unpaired) electrons. The molecule has 2 heteroatoms. The van der Waals surface area contributed by atoms with Crippen molar-refractivity contribution >= 4 is 0 Å². The topological polar surface area (TPSA) is 38.0 Å². The summed E-state index contributed by atoms with van der Waals surface area (Å²) in [6.45, 7) is 2.14. The first-order valence-electron chi connectivity index (χ1n) is 5.81. The van der Waals surface area contributed by atoms with Gasteiger partial charge in [0, 0.05) is 24.5 Å². The highest BCUT2D eigenvalue weighted by molar-refractivity contribution is 5.21. The molecule has 2 aliphatic rings. The molecule has 0 amide bonds. The molecule has 1 saturated heterocycles. The third kappa shape index (κ3) is 1.48. The Kier molecular flexibility index (Phi) is 2.08. The molecule has 2 fully saturated rings. The molecule has 0 bridgehead atoms. The van der Waals surface area contributed by atoms with Crippen LogP contribution in [0, 0.1) is 11.3 Å². The molecule has 0 aromatic heterocycles. The van der Waals surface area contributed by atoms with Crippen LogP contribution in [0.2, 0.25) is 0 Å². The zero-order chi connectivity index (χ0) is 10.3. The Hall–Kier alpha value is -0.860. The summed E-state index contributed by atoms with van der Waals surface area (Å²) in [4.78, 5) is 0.